The molecule has 0 spiro atoms. The summed E-state index contributed by atoms with van der Waals surface area (Å²) in [4.78, 5) is 0. The molecule has 0 saturated carbocycles. The zero-order chi connectivity index (χ0) is 16.3. The van der Waals surface area contributed by atoms with Crippen LogP contribution in [0.15, 0.2) is 0 Å². The van der Waals surface area contributed by atoms with E-state index in [-0.39, 0.29) is 0 Å². The molecule has 0 bridgehead atoms. The van der Waals surface area contributed by atoms with E-state index in [1.807, 2.05) is 6.92 Å². The molecule has 0 aromatic rings. The third-order valence-corrected chi connectivity index (χ3v) is 2.36. The van der Waals surface area contributed by atoms with Crippen molar-refractivity contribution in [3.8, 4) is 0 Å². The van der Waals surface area contributed by atoms with Crippen molar-refractivity contribution in [2.24, 2.45) is 0 Å². The molecule has 0 aromatic carbocycles. The van der Waals surface area contributed by atoms with Gasteiger partial charge in [0.2, 0.25) is 0 Å². The fourth-order valence-electron chi connectivity index (χ4n) is 1.36. The molecule has 0 aliphatic rings. The molecule has 0 radical (unpaired) electrons. The van der Waals surface area contributed by atoms with E-state index in [2.05, 4.69) is 17.6 Å². The summed E-state index contributed by atoms with van der Waals surface area (Å²) >= 11 is 0. The lowest BCUT2D eigenvalue weighted by Crippen LogP contribution is -2.26. The SMILES string of the molecule is CCCOCCCNC(C)O.CCOCCCNC(C)O. The third-order valence-electron chi connectivity index (χ3n) is 2.36. The Hall–Kier alpha value is -0.240. The van der Waals surface area contributed by atoms with Gasteiger partial charge in [0.1, 0.15) is 12.5 Å². The summed E-state index contributed by atoms with van der Waals surface area (Å²) < 4.78 is 10.3. The maximum atomic E-state index is 8.80. The van der Waals surface area contributed by atoms with Gasteiger partial charge in [-0.1, -0.05) is 6.92 Å². The average Bonchev–Trinajstić information content (AvgIpc) is 2.42. The Balaban J connectivity index is 0. The van der Waals surface area contributed by atoms with Gasteiger partial charge in [0.15, 0.2) is 0 Å². The van der Waals surface area contributed by atoms with Crippen LogP contribution in [0.2, 0.25) is 0 Å². The Labute approximate surface area is 130 Å². The van der Waals surface area contributed by atoms with Crippen LogP contribution in [0, 0.1) is 0 Å². The Morgan fingerprint density at radius 2 is 1.29 bits per heavy atom. The van der Waals surface area contributed by atoms with Crippen LogP contribution in [0.5, 0.6) is 0 Å². The van der Waals surface area contributed by atoms with E-state index in [9.17, 15) is 0 Å². The topological polar surface area (TPSA) is 83.0 Å². The number of ether oxygens (including phenoxy) is 2. The Morgan fingerprint density at radius 1 is 0.810 bits per heavy atom. The van der Waals surface area contributed by atoms with Gasteiger partial charge in [0.05, 0.1) is 0 Å². The molecule has 4 N–H and O–H groups in total. The number of rotatable bonds is 13. The lowest BCUT2D eigenvalue weighted by atomic mass is 10.4. The molecular weight excluding hydrogens is 272 g/mol. The van der Waals surface area contributed by atoms with Gasteiger partial charge in [0.25, 0.3) is 0 Å². The van der Waals surface area contributed by atoms with E-state index in [4.69, 9.17) is 19.7 Å². The molecule has 0 amide bonds. The molecule has 6 heteroatoms. The Bertz CT molecular complexity index is 181. The van der Waals surface area contributed by atoms with Gasteiger partial charge in [-0.3, -0.25) is 10.6 Å². The van der Waals surface area contributed by atoms with Crippen molar-refractivity contribution in [1.82, 2.24) is 10.6 Å². The van der Waals surface area contributed by atoms with Crippen molar-refractivity contribution in [3.05, 3.63) is 0 Å². The van der Waals surface area contributed by atoms with Crippen LogP contribution in [-0.2, 0) is 9.47 Å². The minimum atomic E-state index is -0.402. The number of aliphatic hydroxyl groups is 2. The number of nitrogens with one attached hydrogen (secondary N) is 2. The van der Waals surface area contributed by atoms with Gasteiger partial charge in [-0.05, 0) is 53.1 Å². The molecule has 0 rings (SSSR count). The fourth-order valence-corrected chi connectivity index (χ4v) is 1.36. The number of aliphatic hydroxyl groups excluding tert-OH is 2. The summed E-state index contributed by atoms with van der Waals surface area (Å²) in [5.41, 5.74) is 0. The highest BCUT2D eigenvalue weighted by molar-refractivity contribution is 4.46. The van der Waals surface area contributed by atoms with Crippen molar-refractivity contribution < 1.29 is 19.7 Å². The maximum absolute atomic E-state index is 8.80. The summed E-state index contributed by atoms with van der Waals surface area (Å²) in [6, 6.07) is 0. The van der Waals surface area contributed by atoms with E-state index in [0.29, 0.717) is 0 Å². The molecule has 0 saturated heterocycles. The molecular formula is C15H36N2O4. The third kappa shape index (κ3) is 28.6. The highest BCUT2D eigenvalue weighted by Crippen LogP contribution is 1.84. The van der Waals surface area contributed by atoms with Crippen LogP contribution in [0.4, 0.5) is 0 Å². The summed E-state index contributed by atoms with van der Waals surface area (Å²) in [5.74, 6) is 0. The van der Waals surface area contributed by atoms with Crippen LogP contribution in [0.1, 0.15) is 47.0 Å². The van der Waals surface area contributed by atoms with Crippen molar-refractivity contribution in [1.29, 1.82) is 0 Å². The molecule has 2 unspecified atom stereocenters. The molecule has 0 aliphatic carbocycles. The van der Waals surface area contributed by atoms with Gasteiger partial charge < -0.3 is 19.7 Å². The monoisotopic (exact) mass is 308 g/mol. The molecule has 0 heterocycles. The molecule has 6 nitrogen and oxygen atoms in total. The second kappa shape index (κ2) is 19.8. The first-order valence-electron chi connectivity index (χ1n) is 8.02. The van der Waals surface area contributed by atoms with E-state index < -0.39 is 12.5 Å². The van der Waals surface area contributed by atoms with Crippen LogP contribution < -0.4 is 10.6 Å². The molecule has 2 atom stereocenters. The smallest absolute Gasteiger partial charge is 0.102 e. The van der Waals surface area contributed by atoms with Gasteiger partial charge in [-0.25, -0.2) is 0 Å². The predicted octanol–water partition coefficient (Wildman–Crippen LogP) is 1.07. The van der Waals surface area contributed by atoms with E-state index in [1.54, 1.807) is 13.8 Å². The van der Waals surface area contributed by atoms with Crippen LogP contribution in [0.25, 0.3) is 0 Å². The minimum Gasteiger partial charge on any atom is -0.382 e. The lowest BCUT2D eigenvalue weighted by molar-refractivity contribution is 0.120. The van der Waals surface area contributed by atoms with E-state index >= 15 is 0 Å². The Morgan fingerprint density at radius 3 is 1.67 bits per heavy atom. The van der Waals surface area contributed by atoms with Crippen molar-refractivity contribution in [2.75, 3.05) is 39.5 Å². The zero-order valence-corrected chi connectivity index (χ0v) is 14.2. The van der Waals surface area contributed by atoms with Crippen LogP contribution in [-0.4, -0.2) is 62.2 Å². The minimum absolute atomic E-state index is 0.401. The average molecular weight is 308 g/mol. The zero-order valence-electron chi connectivity index (χ0n) is 14.2. The van der Waals surface area contributed by atoms with Gasteiger partial charge in [-0.15, -0.1) is 0 Å². The maximum Gasteiger partial charge on any atom is 0.102 e. The molecule has 21 heavy (non-hydrogen) atoms. The molecule has 0 fully saturated rings. The highest BCUT2D eigenvalue weighted by atomic mass is 16.5. The second-order valence-electron chi connectivity index (χ2n) is 4.78. The summed E-state index contributed by atoms with van der Waals surface area (Å²) in [6.45, 7) is 12.3. The van der Waals surface area contributed by atoms with E-state index in [0.717, 1.165) is 58.8 Å². The molecule has 130 valence electrons. The van der Waals surface area contributed by atoms with Gasteiger partial charge in [0, 0.05) is 26.4 Å². The molecule has 0 aliphatic heterocycles. The predicted molar refractivity (Wildman–Crippen MR) is 86.2 cm³/mol. The first-order chi connectivity index (χ1) is 10.0. The quantitative estimate of drug-likeness (QED) is 0.301. The largest absolute Gasteiger partial charge is 0.382 e. The van der Waals surface area contributed by atoms with Crippen LogP contribution in [0.3, 0.4) is 0 Å². The highest BCUT2D eigenvalue weighted by Gasteiger charge is 1.92. The number of hydrogen-bond acceptors (Lipinski definition) is 6. The fraction of sp³-hybridized carbons (Fsp3) is 1.00. The number of hydrogen-bond donors (Lipinski definition) is 4. The molecule has 0 aromatic heterocycles. The summed E-state index contributed by atoms with van der Waals surface area (Å²) in [7, 11) is 0. The Kier molecular flexibility index (Phi) is 21.7. The first kappa shape index (κ1) is 23.0. The normalized spacial score (nSPS) is 13.4. The van der Waals surface area contributed by atoms with Gasteiger partial charge >= 0.3 is 0 Å². The standard InChI is InChI=1S/C8H19NO2.C7H17NO2/c1-3-6-11-7-4-5-9-8(2)10;1-3-10-6-4-5-8-7(2)9/h8-10H,3-7H2,1-2H3;7-9H,3-6H2,1-2H3. The lowest BCUT2D eigenvalue weighted by Gasteiger charge is -2.06. The first-order valence-corrected chi connectivity index (χ1v) is 8.02. The summed E-state index contributed by atoms with van der Waals surface area (Å²) in [6.07, 6.45) is 2.19. The summed E-state index contributed by atoms with van der Waals surface area (Å²) in [5, 5.41) is 23.3. The second-order valence-corrected chi connectivity index (χ2v) is 4.78. The van der Waals surface area contributed by atoms with Gasteiger partial charge in [-0.2, -0.15) is 0 Å². The van der Waals surface area contributed by atoms with Crippen molar-refractivity contribution in [3.63, 3.8) is 0 Å². The van der Waals surface area contributed by atoms with Crippen LogP contribution >= 0.6 is 0 Å². The van der Waals surface area contributed by atoms with E-state index in [1.165, 1.54) is 0 Å². The van der Waals surface area contributed by atoms with Crippen molar-refractivity contribution in [2.45, 2.75) is 59.4 Å². The van der Waals surface area contributed by atoms with Crippen molar-refractivity contribution >= 4 is 0 Å².